The Bertz CT molecular complexity index is 452. The molecule has 1 amide bonds. The molecule has 1 aromatic carbocycles. The van der Waals surface area contributed by atoms with E-state index in [0.717, 1.165) is 31.6 Å². The molecular weight excluding hydrogens is 236 g/mol. The van der Waals surface area contributed by atoms with E-state index in [4.69, 9.17) is 0 Å². The van der Waals surface area contributed by atoms with Crippen LogP contribution in [-0.2, 0) is 11.2 Å². The van der Waals surface area contributed by atoms with Gasteiger partial charge in [-0.2, -0.15) is 0 Å². The third-order valence-corrected chi connectivity index (χ3v) is 4.24. The summed E-state index contributed by atoms with van der Waals surface area (Å²) < 4.78 is 0. The highest BCUT2D eigenvalue weighted by Gasteiger charge is 2.25. The summed E-state index contributed by atoms with van der Waals surface area (Å²) in [5.41, 5.74) is 2.46. The molecule has 3 nitrogen and oxygen atoms in total. The van der Waals surface area contributed by atoms with Crippen LogP contribution in [0.4, 0.5) is 5.69 Å². The second-order valence-electron chi connectivity index (χ2n) is 5.63. The van der Waals surface area contributed by atoms with Crippen LogP contribution < -0.4 is 10.2 Å². The Morgan fingerprint density at radius 3 is 2.89 bits per heavy atom. The smallest absolute Gasteiger partial charge is 0.227 e. The van der Waals surface area contributed by atoms with Gasteiger partial charge in [-0.1, -0.05) is 24.6 Å². The maximum absolute atomic E-state index is 12.3. The fraction of sp³-hybridized carbons (Fsp3) is 0.562. The standard InChI is InChI=1S/C16H22N2O/c19-16-10-5-7-13-6-1-2-9-15(13)18(16)12-14-8-3-4-11-17-14/h1-2,6,9,14,17H,3-5,7-8,10-12H2. The molecule has 2 aliphatic rings. The highest BCUT2D eigenvalue weighted by atomic mass is 16.2. The Kier molecular flexibility index (Phi) is 3.83. The fourth-order valence-corrected chi connectivity index (χ4v) is 3.19. The first kappa shape index (κ1) is 12.7. The van der Waals surface area contributed by atoms with E-state index in [9.17, 15) is 4.79 Å². The minimum Gasteiger partial charge on any atom is -0.312 e. The first-order chi connectivity index (χ1) is 9.34. The van der Waals surface area contributed by atoms with Crippen molar-refractivity contribution in [2.24, 2.45) is 0 Å². The molecule has 0 aromatic heterocycles. The molecule has 0 spiro atoms. The van der Waals surface area contributed by atoms with Crippen LogP contribution in [0.3, 0.4) is 0 Å². The second kappa shape index (κ2) is 5.74. The summed E-state index contributed by atoms with van der Waals surface area (Å²) in [6.07, 6.45) is 6.41. The van der Waals surface area contributed by atoms with Gasteiger partial charge in [-0.3, -0.25) is 4.79 Å². The van der Waals surface area contributed by atoms with Gasteiger partial charge < -0.3 is 10.2 Å². The molecule has 1 fully saturated rings. The number of aryl methyl sites for hydroxylation is 1. The molecular formula is C16H22N2O. The van der Waals surface area contributed by atoms with E-state index in [2.05, 4.69) is 23.5 Å². The molecule has 0 radical (unpaired) electrons. The minimum atomic E-state index is 0.289. The van der Waals surface area contributed by atoms with Crippen LogP contribution in [0, 0.1) is 0 Å². The van der Waals surface area contributed by atoms with Crippen molar-refractivity contribution in [3.63, 3.8) is 0 Å². The minimum absolute atomic E-state index is 0.289. The SMILES string of the molecule is O=C1CCCc2ccccc2N1CC1CCCCN1. The van der Waals surface area contributed by atoms with Crippen LogP contribution in [0.15, 0.2) is 24.3 Å². The van der Waals surface area contributed by atoms with Gasteiger partial charge in [0.15, 0.2) is 0 Å². The number of nitrogens with zero attached hydrogens (tertiary/aromatic N) is 1. The van der Waals surface area contributed by atoms with E-state index in [1.54, 1.807) is 0 Å². The average Bonchev–Trinajstić information content (AvgIpc) is 2.61. The molecule has 0 aliphatic carbocycles. The van der Waals surface area contributed by atoms with Crippen LogP contribution in [0.5, 0.6) is 0 Å². The summed E-state index contributed by atoms with van der Waals surface area (Å²) in [5.74, 6) is 0.289. The molecule has 3 rings (SSSR count). The topological polar surface area (TPSA) is 32.3 Å². The summed E-state index contributed by atoms with van der Waals surface area (Å²) in [6.45, 7) is 1.92. The van der Waals surface area contributed by atoms with Crippen LogP contribution in [-0.4, -0.2) is 25.0 Å². The number of piperidine rings is 1. The van der Waals surface area contributed by atoms with Crippen molar-refractivity contribution in [1.29, 1.82) is 0 Å². The highest BCUT2D eigenvalue weighted by Crippen LogP contribution is 2.27. The third-order valence-electron chi connectivity index (χ3n) is 4.24. The lowest BCUT2D eigenvalue weighted by molar-refractivity contribution is -0.118. The molecule has 2 aliphatic heterocycles. The Morgan fingerprint density at radius 2 is 2.05 bits per heavy atom. The lowest BCUT2D eigenvalue weighted by atomic mass is 10.0. The van der Waals surface area contributed by atoms with E-state index in [1.807, 2.05) is 11.0 Å². The lowest BCUT2D eigenvalue weighted by Gasteiger charge is -2.31. The summed E-state index contributed by atoms with van der Waals surface area (Å²) in [6, 6.07) is 8.84. The molecule has 1 atom stereocenters. The molecule has 0 saturated carbocycles. The van der Waals surface area contributed by atoms with Crippen molar-refractivity contribution in [2.45, 2.75) is 44.6 Å². The van der Waals surface area contributed by atoms with Crippen molar-refractivity contribution in [3.05, 3.63) is 29.8 Å². The molecule has 1 unspecified atom stereocenters. The van der Waals surface area contributed by atoms with E-state index in [0.29, 0.717) is 12.5 Å². The zero-order chi connectivity index (χ0) is 13.1. The summed E-state index contributed by atoms with van der Waals surface area (Å²) in [4.78, 5) is 14.4. The predicted molar refractivity (Wildman–Crippen MR) is 77.4 cm³/mol. The summed E-state index contributed by atoms with van der Waals surface area (Å²) >= 11 is 0. The van der Waals surface area contributed by atoms with Crippen molar-refractivity contribution >= 4 is 11.6 Å². The quantitative estimate of drug-likeness (QED) is 0.884. The molecule has 1 aromatic rings. The van der Waals surface area contributed by atoms with Crippen molar-refractivity contribution < 1.29 is 4.79 Å². The van der Waals surface area contributed by atoms with Crippen LogP contribution in [0.25, 0.3) is 0 Å². The first-order valence-electron chi connectivity index (χ1n) is 7.46. The van der Waals surface area contributed by atoms with Crippen LogP contribution in [0.1, 0.15) is 37.7 Å². The van der Waals surface area contributed by atoms with Gasteiger partial charge in [0.05, 0.1) is 0 Å². The van der Waals surface area contributed by atoms with E-state index in [-0.39, 0.29) is 5.91 Å². The molecule has 1 saturated heterocycles. The number of hydrogen-bond acceptors (Lipinski definition) is 2. The molecule has 102 valence electrons. The van der Waals surface area contributed by atoms with Crippen LogP contribution in [0.2, 0.25) is 0 Å². The molecule has 3 heteroatoms. The Labute approximate surface area is 115 Å². The Morgan fingerprint density at radius 1 is 1.16 bits per heavy atom. The number of amides is 1. The zero-order valence-electron chi connectivity index (χ0n) is 11.4. The summed E-state index contributed by atoms with van der Waals surface area (Å²) in [5, 5.41) is 3.54. The van der Waals surface area contributed by atoms with E-state index >= 15 is 0 Å². The second-order valence-corrected chi connectivity index (χ2v) is 5.63. The number of hydrogen-bond donors (Lipinski definition) is 1. The fourth-order valence-electron chi connectivity index (χ4n) is 3.19. The van der Waals surface area contributed by atoms with Gasteiger partial charge in [-0.05, 0) is 43.9 Å². The predicted octanol–water partition coefficient (Wildman–Crippen LogP) is 2.50. The van der Waals surface area contributed by atoms with Gasteiger partial charge in [0.1, 0.15) is 0 Å². The highest BCUT2D eigenvalue weighted by molar-refractivity contribution is 5.94. The summed E-state index contributed by atoms with van der Waals surface area (Å²) in [7, 11) is 0. The van der Waals surface area contributed by atoms with E-state index < -0.39 is 0 Å². The Balaban J connectivity index is 1.82. The number of benzene rings is 1. The molecule has 19 heavy (non-hydrogen) atoms. The molecule has 2 heterocycles. The maximum atomic E-state index is 12.3. The Hall–Kier alpha value is -1.35. The van der Waals surface area contributed by atoms with Gasteiger partial charge in [0.25, 0.3) is 0 Å². The molecule has 1 N–H and O–H groups in total. The largest absolute Gasteiger partial charge is 0.312 e. The maximum Gasteiger partial charge on any atom is 0.227 e. The molecule has 0 bridgehead atoms. The number of para-hydroxylation sites is 1. The van der Waals surface area contributed by atoms with Gasteiger partial charge in [0.2, 0.25) is 5.91 Å². The first-order valence-corrected chi connectivity index (χ1v) is 7.46. The zero-order valence-corrected chi connectivity index (χ0v) is 11.4. The lowest BCUT2D eigenvalue weighted by Crippen LogP contribution is -2.45. The van der Waals surface area contributed by atoms with Crippen LogP contribution >= 0.6 is 0 Å². The number of nitrogens with one attached hydrogen (secondary N) is 1. The number of fused-ring (bicyclic) bond motifs is 1. The number of carbonyl (C=O) groups excluding carboxylic acids is 1. The van der Waals surface area contributed by atoms with Gasteiger partial charge in [-0.15, -0.1) is 0 Å². The number of anilines is 1. The van der Waals surface area contributed by atoms with Gasteiger partial charge in [0, 0.05) is 24.7 Å². The number of carbonyl (C=O) groups is 1. The number of rotatable bonds is 2. The monoisotopic (exact) mass is 258 g/mol. The van der Waals surface area contributed by atoms with Crippen molar-refractivity contribution in [1.82, 2.24) is 5.32 Å². The van der Waals surface area contributed by atoms with Crippen molar-refractivity contribution in [3.8, 4) is 0 Å². The van der Waals surface area contributed by atoms with Gasteiger partial charge in [-0.25, -0.2) is 0 Å². The normalized spacial score (nSPS) is 23.9. The van der Waals surface area contributed by atoms with Crippen molar-refractivity contribution in [2.75, 3.05) is 18.0 Å². The van der Waals surface area contributed by atoms with Gasteiger partial charge >= 0.3 is 0 Å². The average molecular weight is 258 g/mol. The van der Waals surface area contributed by atoms with E-state index in [1.165, 1.54) is 24.8 Å². The third kappa shape index (κ3) is 2.81.